The van der Waals surface area contributed by atoms with E-state index in [1.165, 1.54) is 225 Å². The summed E-state index contributed by atoms with van der Waals surface area (Å²) in [7, 11) is 1.20. The van der Waals surface area contributed by atoms with Crippen molar-refractivity contribution in [2.24, 2.45) is 0 Å². The molecule has 0 aliphatic rings. The van der Waals surface area contributed by atoms with Crippen LogP contribution in [0.5, 0.6) is 0 Å². The topological polar surface area (TPSA) is 114 Å². The Kier molecular flexibility index (Phi) is 52.8. The first-order valence-corrected chi connectivity index (χ1v) is 33.1. The summed E-state index contributed by atoms with van der Waals surface area (Å²) in [5.74, 6) is -0.526. The molecule has 432 valence electrons. The largest absolute Gasteiger partial charge is 0.756 e. The second kappa shape index (κ2) is 53.9. The van der Waals surface area contributed by atoms with Crippen molar-refractivity contribution in [3.8, 4) is 0 Å². The van der Waals surface area contributed by atoms with Crippen LogP contribution < -0.4 is 10.2 Å². The van der Waals surface area contributed by atoms with Gasteiger partial charge in [0.15, 0.2) is 0 Å². The van der Waals surface area contributed by atoms with Gasteiger partial charge in [-0.3, -0.25) is 14.2 Å². The molecule has 0 rings (SSSR count). The predicted molar refractivity (Wildman–Crippen MR) is 312 cm³/mol. The maximum absolute atomic E-state index is 13.5. The third-order valence-electron chi connectivity index (χ3n) is 14.4. The molecule has 0 aromatic heterocycles. The van der Waals surface area contributed by atoms with Crippen molar-refractivity contribution >= 4 is 19.7 Å². The Labute approximate surface area is 454 Å². The molecule has 0 aromatic carbocycles. The minimum atomic E-state index is -4.69. The van der Waals surface area contributed by atoms with Crippen LogP contribution in [-0.2, 0) is 27.9 Å². The monoisotopic (exact) mass is 1050 g/mol. The predicted octanol–water partition coefficient (Wildman–Crippen LogP) is 18.7. The summed E-state index contributed by atoms with van der Waals surface area (Å²) in [6.07, 6.45) is 62.8. The van der Waals surface area contributed by atoms with Crippen LogP contribution in [0.2, 0.25) is 0 Å². The summed E-state index contributed by atoms with van der Waals surface area (Å²) < 4.78 is 30.3. The number of unbranched alkanes of at least 4 members (excludes halogenated alkanes) is 40. The zero-order valence-electron chi connectivity index (χ0n) is 49.4. The lowest BCUT2D eigenvalue weighted by Gasteiger charge is -2.30. The molecule has 0 spiro atoms. The summed E-state index contributed by atoms with van der Waals surface area (Å²) in [5, 5.41) is 3.04. The molecule has 0 radical (unpaired) electrons. The molecule has 0 aliphatic heterocycles. The number of nitrogens with zero attached hydrogens (tertiary/aromatic N) is 1. The van der Waals surface area contributed by atoms with Crippen LogP contribution in [0.15, 0.2) is 24.3 Å². The highest BCUT2D eigenvalue weighted by atomic mass is 31.2. The van der Waals surface area contributed by atoms with Gasteiger partial charge in [0.25, 0.3) is 7.82 Å². The van der Waals surface area contributed by atoms with Crippen molar-refractivity contribution in [3.63, 3.8) is 0 Å². The normalized spacial score (nSPS) is 13.8. The Morgan fingerprint density at radius 3 is 1.16 bits per heavy atom. The van der Waals surface area contributed by atoms with E-state index in [-0.39, 0.29) is 31.5 Å². The first-order valence-electron chi connectivity index (χ1n) is 31.6. The van der Waals surface area contributed by atoms with Crippen LogP contribution in [0.1, 0.15) is 316 Å². The number of phosphoric acid groups is 1. The number of quaternary nitrogens is 1. The molecular formula is C63H123N2O7P. The number of allylic oxidation sites excluding steroid dienone is 3. The van der Waals surface area contributed by atoms with E-state index in [4.69, 9.17) is 13.8 Å². The second-order valence-electron chi connectivity index (χ2n) is 22.9. The van der Waals surface area contributed by atoms with Gasteiger partial charge in [-0.05, 0) is 57.4 Å². The molecule has 0 aliphatic carbocycles. The first kappa shape index (κ1) is 71.5. The minimum Gasteiger partial charge on any atom is -0.756 e. The highest BCUT2D eigenvalue weighted by molar-refractivity contribution is 7.45. The zero-order chi connectivity index (χ0) is 53.6. The van der Waals surface area contributed by atoms with Gasteiger partial charge in [-0.15, -0.1) is 0 Å². The Bertz CT molecular complexity index is 1300. The van der Waals surface area contributed by atoms with Crippen LogP contribution in [0, 0.1) is 0 Å². The fourth-order valence-corrected chi connectivity index (χ4v) is 10.2. The molecule has 1 amide bonds. The molecule has 0 aromatic rings. The highest BCUT2D eigenvalue weighted by Gasteiger charge is 2.27. The van der Waals surface area contributed by atoms with E-state index in [0.29, 0.717) is 17.4 Å². The number of carbonyl (C=O) groups excluding carboxylic acids is 2. The third-order valence-corrected chi connectivity index (χ3v) is 15.3. The number of esters is 1. The molecule has 0 saturated carbocycles. The van der Waals surface area contributed by atoms with Gasteiger partial charge < -0.3 is 28.5 Å². The van der Waals surface area contributed by atoms with E-state index < -0.39 is 20.0 Å². The Morgan fingerprint density at radius 2 is 0.795 bits per heavy atom. The summed E-state index contributed by atoms with van der Waals surface area (Å²) in [4.78, 5) is 40.0. The van der Waals surface area contributed by atoms with E-state index in [2.05, 4.69) is 38.2 Å². The van der Waals surface area contributed by atoms with Gasteiger partial charge in [0, 0.05) is 12.8 Å². The molecule has 0 bridgehead atoms. The van der Waals surface area contributed by atoms with E-state index in [1.54, 1.807) is 0 Å². The van der Waals surface area contributed by atoms with Crippen LogP contribution in [0.3, 0.4) is 0 Å². The molecule has 3 unspecified atom stereocenters. The number of carbonyl (C=O) groups is 2. The molecule has 10 heteroatoms. The lowest BCUT2D eigenvalue weighted by Crippen LogP contribution is -2.47. The van der Waals surface area contributed by atoms with Crippen molar-refractivity contribution in [2.75, 3.05) is 40.9 Å². The van der Waals surface area contributed by atoms with E-state index >= 15 is 0 Å². The SMILES string of the molecule is CCCCCCCC/C=C/CCCCCCCCCCCC(=O)OC(/C=C/CCCCCCCCCCCCC)C(COP(=O)([O-])OCC[N+](C)(C)C)NC(=O)CCCCCCCCCCCCCCCCC. The van der Waals surface area contributed by atoms with Gasteiger partial charge in [-0.2, -0.15) is 0 Å². The Hall–Kier alpha value is -1.51. The number of hydrogen-bond acceptors (Lipinski definition) is 7. The number of phosphoric ester groups is 1. The average molecular weight is 1050 g/mol. The van der Waals surface area contributed by atoms with Gasteiger partial charge >= 0.3 is 5.97 Å². The summed E-state index contributed by atoms with van der Waals surface area (Å²) in [6, 6.07) is -0.883. The van der Waals surface area contributed by atoms with E-state index in [1.807, 2.05) is 33.3 Å². The summed E-state index contributed by atoms with van der Waals surface area (Å²) in [5.41, 5.74) is 0. The van der Waals surface area contributed by atoms with Crippen LogP contribution >= 0.6 is 7.82 Å². The molecule has 0 fully saturated rings. The van der Waals surface area contributed by atoms with Crippen molar-refractivity contribution in [3.05, 3.63) is 24.3 Å². The lowest BCUT2D eigenvalue weighted by molar-refractivity contribution is -0.870. The molecular weight excluding hydrogens is 928 g/mol. The van der Waals surface area contributed by atoms with Gasteiger partial charge in [0.05, 0.1) is 33.8 Å². The molecule has 1 N–H and O–H groups in total. The van der Waals surface area contributed by atoms with Gasteiger partial charge in [0.2, 0.25) is 5.91 Å². The number of hydrogen-bond donors (Lipinski definition) is 1. The third kappa shape index (κ3) is 55.1. The summed E-state index contributed by atoms with van der Waals surface area (Å²) in [6.45, 7) is 6.88. The maximum atomic E-state index is 13.5. The Balaban J connectivity index is 5.24. The summed E-state index contributed by atoms with van der Waals surface area (Å²) >= 11 is 0. The standard InChI is InChI=1S/C63H123N2O7P/c1-7-10-13-16-19-22-25-28-30-31-32-33-35-38-41-44-47-50-53-56-63(67)72-61(54-51-48-45-42-39-36-27-24-21-18-15-12-9-3)60(59-71-73(68,69)70-58-57-65(4,5)6)64-62(66)55-52-49-46-43-40-37-34-29-26-23-20-17-14-11-8-2/h28,30,51,54,60-61H,7-27,29,31-50,52-53,55-59H2,1-6H3,(H-,64,66,68,69)/b30-28+,54-51+. The molecule has 73 heavy (non-hydrogen) atoms. The quantitative estimate of drug-likeness (QED) is 0.0212. The van der Waals surface area contributed by atoms with Crippen molar-refractivity contribution < 1.29 is 37.3 Å². The van der Waals surface area contributed by atoms with Gasteiger partial charge in [-0.25, -0.2) is 0 Å². The van der Waals surface area contributed by atoms with Gasteiger partial charge in [0.1, 0.15) is 19.3 Å². The fourth-order valence-electron chi connectivity index (χ4n) is 9.46. The number of amides is 1. The first-order chi connectivity index (χ1) is 35.4. The van der Waals surface area contributed by atoms with Crippen LogP contribution in [0.25, 0.3) is 0 Å². The molecule has 3 atom stereocenters. The second-order valence-corrected chi connectivity index (χ2v) is 24.3. The zero-order valence-corrected chi connectivity index (χ0v) is 50.3. The fraction of sp³-hybridized carbons (Fsp3) is 0.905. The number of ether oxygens (including phenoxy) is 1. The average Bonchev–Trinajstić information content (AvgIpc) is 3.35. The number of nitrogens with one attached hydrogen (secondary N) is 1. The highest BCUT2D eigenvalue weighted by Crippen LogP contribution is 2.38. The van der Waals surface area contributed by atoms with Crippen LogP contribution in [0.4, 0.5) is 0 Å². The van der Waals surface area contributed by atoms with Crippen LogP contribution in [-0.4, -0.2) is 69.4 Å². The smallest absolute Gasteiger partial charge is 0.306 e. The lowest BCUT2D eigenvalue weighted by atomic mass is 10.0. The minimum absolute atomic E-state index is 0.0188. The van der Waals surface area contributed by atoms with Crippen molar-refractivity contribution in [1.82, 2.24) is 5.32 Å². The van der Waals surface area contributed by atoms with Gasteiger partial charge in [-0.1, -0.05) is 270 Å². The number of rotatable bonds is 58. The maximum Gasteiger partial charge on any atom is 0.306 e. The van der Waals surface area contributed by atoms with Crippen molar-refractivity contribution in [1.29, 1.82) is 0 Å². The molecule has 0 heterocycles. The Morgan fingerprint density at radius 1 is 0.466 bits per heavy atom. The van der Waals surface area contributed by atoms with E-state index in [0.717, 1.165) is 57.8 Å². The molecule has 0 saturated heterocycles. The number of likely N-dealkylation sites (N-methyl/N-ethyl adjacent to an activating group) is 1. The molecule has 9 nitrogen and oxygen atoms in total. The van der Waals surface area contributed by atoms with E-state index in [9.17, 15) is 19.0 Å². The van der Waals surface area contributed by atoms with Crippen molar-refractivity contribution in [2.45, 2.75) is 328 Å².